The molecule has 0 saturated heterocycles. The number of aliphatic carboxylic acids is 1. The van der Waals surface area contributed by atoms with Crippen LogP contribution in [0.3, 0.4) is 0 Å². The Balaban J connectivity index is 1.94. The normalized spacial score (nSPS) is 12.9. The van der Waals surface area contributed by atoms with Gasteiger partial charge in [-0.3, -0.25) is 9.59 Å². The van der Waals surface area contributed by atoms with Gasteiger partial charge in [0.05, 0.1) is 5.92 Å². The van der Waals surface area contributed by atoms with E-state index >= 15 is 0 Å². The molecule has 140 valence electrons. The average molecular weight is 367 g/mol. The van der Waals surface area contributed by atoms with Crippen LogP contribution in [0.2, 0.25) is 0 Å². The van der Waals surface area contributed by atoms with Crippen molar-refractivity contribution in [2.75, 3.05) is 0 Å². The summed E-state index contributed by atoms with van der Waals surface area (Å²) in [5.74, 6) is -2.86. The molecule has 3 aromatic rings. The molecule has 2 aromatic carbocycles. The van der Waals surface area contributed by atoms with Gasteiger partial charge in [-0.1, -0.05) is 39.0 Å². The number of benzene rings is 2. The molecule has 0 aliphatic rings. The number of rotatable bonds is 5. The Bertz CT molecular complexity index is 1010. The lowest BCUT2D eigenvalue weighted by molar-refractivity contribution is -0.138. The summed E-state index contributed by atoms with van der Waals surface area (Å²) in [7, 11) is 0. The van der Waals surface area contributed by atoms with Crippen LogP contribution in [0, 0.1) is 5.82 Å². The van der Waals surface area contributed by atoms with Gasteiger partial charge in [0.25, 0.3) is 0 Å². The summed E-state index contributed by atoms with van der Waals surface area (Å²) >= 11 is 0. The van der Waals surface area contributed by atoms with Crippen molar-refractivity contribution in [2.45, 2.75) is 38.5 Å². The molecule has 1 atom stereocenters. The maximum atomic E-state index is 13.6. The topological polar surface area (TPSA) is 70.2 Å². The number of hydrogen-bond acceptors (Lipinski definition) is 2. The van der Waals surface area contributed by atoms with Gasteiger partial charge in [0.1, 0.15) is 5.82 Å². The number of halogens is 1. The van der Waals surface area contributed by atoms with Gasteiger partial charge in [0.2, 0.25) is 0 Å². The van der Waals surface area contributed by atoms with E-state index in [1.54, 1.807) is 18.3 Å². The molecule has 1 heterocycles. The molecule has 0 bridgehead atoms. The fourth-order valence-corrected chi connectivity index (χ4v) is 3.20. The van der Waals surface area contributed by atoms with E-state index in [2.05, 4.69) is 25.8 Å². The number of fused-ring (bicyclic) bond motifs is 1. The second-order valence-corrected chi connectivity index (χ2v) is 7.78. The van der Waals surface area contributed by atoms with Crippen molar-refractivity contribution in [3.05, 3.63) is 71.2 Å². The van der Waals surface area contributed by atoms with Crippen LogP contribution < -0.4 is 0 Å². The number of aromatic nitrogens is 1. The quantitative estimate of drug-likeness (QED) is 0.620. The van der Waals surface area contributed by atoms with E-state index in [4.69, 9.17) is 0 Å². The molecule has 0 fully saturated rings. The fourth-order valence-electron chi connectivity index (χ4n) is 3.20. The van der Waals surface area contributed by atoms with Gasteiger partial charge < -0.3 is 10.1 Å². The summed E-state index contributed by atoms with van der Waals surface area (Å²) in [5, 5.41) is 10.2. The van der Waals surface area contributed by atoms with E-state index in [9.17, 15) is 19.1 Å². The van der Waals surface area contributed by atoms with Crippen molar-refractivity contribution >= 4 is 22.7 Å². The number of hydrogen-bond donors (Lipinski definition) is 2. The SMILES string of the molecule is CC(C)(C)c1cccc(C(=O)CC(C(=O)O)c2c[nH]c3ccc(F)cc23)c1. The second-order valence-electron chi connectivity index (χ2n) is 7.78. The van der Waals surface area contributed by atoms with Crippen LogP contribution in [0.15, 0.2) is 48.7 Å². The molecular weight excluding hydrogens is 345 g/mol. The predicted molar refractivity (Wildman–Crippen MR) is 103 cm³/mol. The van der Waals surface area contributed by atoms with Gasteiger partial charge in [0.15, 0.2) is 5.78 Å². The van der Waals surface area contributed by atoms with Crippen LogP contribution in [0.4, 0.5) is 4.39 Å². The van der Waals surface area contributed by atoms with Crippen molar-refractivity contribution in [2.24, 2.45) is 0 Å². The first-order valence-corrected chi connectivity index (χ1v) is 8.80. The number of Topliss-reactive ketones (excluding diaryl/α,β-unsaturated/α-hetero) is 1. The maximum absolute atomic E-state index is 13.6. The molecule has 0 radical (unpaired) electrons. The summed E-state index contributed by atoms with van der Waals surface area (Å²) in [6.07, 6.45) is 1.36. The highest BCUT2D eigenvalue weighted by atomic mass is 19.1. The molecule has 5 heteroatoms. The van der Waals surface area contributed by atoms with E-state index in [-0.39, 0.29) is 17.6 Å². The summed E-state index contributed by atoms with van der Waals surface area (Å²) in [5.41, 5.74) is 2.43. The minimum absolute atomic E-state index is 0.114. The minimum Gasteiger partial charge on any atom is -0.481 e. The van der Waals surface area contributed by atoms with Gasteiger partial charge in [-0.25, -0.2) is 4.39 Å². The van der Waals surface area contributed by atoms with E-state index in [1.807, 2.05) is 18.2 Å². The Morgan fingerprint density at radius 2 is 1.89 bits per heavy atom. The van der Waals surface area contributed by atoms with Gasteiger partial charge >= 0.3 is 5.97 Å². The van der Waals surface area contributed by atoms with E-state index < -0.39 is 17.7 Å². The number of nitrogens with one attached hydrogen (secondary N) is 1. The number of carboxylic acids is 1. The Hall–Kier alpha value is -2.95. The fraction of sp³-hybridized carbons (Fsp3) is 0.273. The molecule has 27 heavy (non-hydrogen) atoms. The highest BCUT2D eigenvalue weighted by Gasteiger charge is 2.27. The van der Waals surface area contributed by atoms with Crippen LogP contribution in [-0.4, -0.2) is 21.8 Å². The first-order chi connectivity index (χ1) is 12.7. The monoisotopic (exact) mass is 367 g/mol. The molecule has 0 saturated carbocycles. The van der Waals surface area contributed by atoms with Crippen LogP contribution in [0.1, 0.15) is 54.6 Å². The molecule has 3 rings (SSSR count). The van der Waals surface area contributed by atoms with E-state index in [0.717, 1.165) is 5.56 Å². The summed E-state index contributed by atoms with van der Waals surface area (Å²) in [6, 6.07) is 11.4. The molecule has 1 aromatic heterocycles. The average Bonchev–Trinajstić information content (AvgIpc) is 3.01. The molecule has 2 N–H and O–H groups in total. The van der Waals surface area contributed by atoms with Crippen LogP contribution >= 0.6 is 0 Å². The van der Waals surface area contributed by atoms with Gasteiger partial charge in [-0.15, -0.1) is 0 Å². The number of ketones is 1. The lowest BCUT2D eigenvalue weighted by Gasteiger charge is -2.20. The molecule has 0 aliphatic heterocycles. The highest BCUT2D eigenvalue weighted by Crippen LogP contribution is 2.31. The van der Waals surface area contributed by atoms with Crippen molar-refractivity contribution in [3.8, 4) is 0 Å². The molecule has 4 nitrogen and oxygen atoms in total. The Labute approximate surface area is 157 Å². The Morgan fingerprint density at radius 1 is 1.15 bits per heavy atom. The van der Waals surface area contributed by atoms with Gasteiger partial charge in [-0.05, 0) is 40.8 Å². The first kappa shape index (κ1) is 18.8. The minimum atomic E-state index is -1.11. The Kier molecular flexibility index (Phi) is 4.87. The smallest absolute Gasteiger partial charge is 0.311 e. The Morgan fingerprint density at radius 3 is 2.56 bits per heavy atom. The van der Waals surface area contributed by atoms with E-state index in [1.165, 1.54) is 12.1 Å². The number of H-pyrrole nitrogens is 1. The zero-order chi connectivity index (χ0) is 19.8. The third-order valence-electron chi connectivity index (χ3n) is 4.79. The van der Waals surface area contributed by atoms with Crippen LogP contribution in [-0.2, 0) is 10.2 Å². The summed E-state index contributed by atoms with van der Waals surface area (Å²) in [4.78, 5) is 27.6. The van der Waals surface area contributed by atoms with Crippen LogP contribution in [0.25, 0.3) is 10.9 Å². The number of carbonyl (C=O) groups is 2. The lowest BCUT2D eigenvalue weighted by Crippen LogP contribution is -2.17. The molecule has 0 amide bonds. The van der Waals surface area contributed by atoms with Crippen LogP contribution in [0.5, 0.6) is 0 Å². The molecule has 1 unspecified atom stereocenters. The largest absolute Gasteiger partial charge is 0.481 e. The van der Waals surface area contributed by atoms with Gasteiger partial charge in [-0.2, -0.15) is 0 Å². The summed E-state index contributed by atoms with van der Waals surface area (Å²) in [6.45, 7) is 6.16. The maximum Gasteiger partial charge on any atom is 0.311 e. The third-order valence-corrected chi connectivity index (χ3v) is 4.79. The second kappa shape index (κ2) is 6.99. The standard InChI is InChI=1S/C22H22FNO3/c1-22(2,3)14-6-4-5-13(9-14)20(25)11-17(21(26)27)18-12-24-19-8-7-15(23)10-16(18)19/h4-10,12,17,24H,11H2,1-3H3,(H,26,27). The van der Waals surface area contributed by atoms with E-state index in [0.29, 0.717) is 22.0 Å². The van der Waals surface area contributed by atoms with Crippen molar-refractivity contribution in [1.82, 2.24) is 4.98 Å². The van der Waals surface area contributed by atoms with Crippen molar-refractivity contribution < 1.29 is 19.1 Å². The molecule has 0 spiro atoms. The molecule has 0 aliphatic carbocycles. The first-order valence-electron chi connectivity index (χ1n) is 8.80. The van der Waals surface area contributed by atoms with Crippen molar-refractivity contribution in [1.29, 1.82) is 0 Å². The summed E-state index contributed by atoms with van der Waals surface area (Å²) < 4.78 is 13.6. The predicted octanol–water partition coefficient (Wildman–Crippen LogP) is 5.05. The number of aromatic amines is 1. The zero-order valence-corrected chi connectivity index (χ0v) is 15.5. The lowest BCUT2D eigenvalue weighted by atomic mass is 9.84. The number of carbonyl (C=O) groups excluding carboxylic acids is 1. The molecular formula is C22H22FNO3. The highest BCUT2D eigenvalue weighted by molar-refractivity contribution is 6.00. The number of carboxylic acid groups (broad SMARTS) is 1. The zero-order valence-electron chi connectivity index (χ0n) is 15.5. The van der Waals surface area contributed by atoms with Gasteiger partial charge in [0, 0.05) is 29.1 Å². The van der Waals surface area contributed by atoms with Crippen molar-refractivity contribution in [3.63, 3.8) is 0 Å². The third kappa shape index (κ3) is 3.92.